The molecule has 0 bridgehead atoms. The molecule has 3 aromatic rings. The van der Waals surface area contributed by atoms with Gasteiger partial charge >= 0.3 is 6.03 Å². The van der Waals surface area contributed by atoms with Crippen LogP contribution in [0.5, 0.6) is 5.75 Å². The summed E-state index contributed by atoms with van der Waals surface area (Å²) in [6, 6.07) is 5.05. The van der Waals surface area contributed by atoms with Crippen molar-refractivity contribution in [3.63, 3.8) is 0 Å². The number of hydrogen-bond donors (Lipinski definition) is 2. The van der Waals surface area contributed by atoms with E-state index in [2.05, 4.69) is 15.4 Å². The van der Waals surface area contributed by atoms with E-state index in [1.807, 2.05) is 25.1 Å². The van der Waals surface area contributed by atoms with Gasteiger partial charge in [-0.3, -0.25) is 9.67 Å². The van der Waals surface area contributed by atoms with Crippen LogP contribution < -0.4 is 15.0 Å². The number of nitrogens with zero attached hydrogens (tertiary/aromatic N) is 5. The molecule has 1 saturated heterocycles. The zero-order valence-electron chi connectivity index (χ0n) is 20.0. The summed E-state index contributed by atoms with van der Waals surface area (Å²) in [5, 5.41) is 14.4. The predicted molar refractivity (Wildman–Crippen MR) is 128 cm³/mol. The molecule has 1 aromatic carbocycles. The van der Waals surface area contributed by atoms with Gasteiger partial charge in [-0.25, -0.2) is 18.0 Å². The predicted octanol–water partition coefficient (Wildman–Crippen LogP) is 3.52. The molecule has 2 N–H and O–H groups in total. The van der Waals surface area contributed by atoms with Crippen LogP contribution in [0.4, 0.5) is 23.8 Å². The van der Waals surface area contributed by atoms with Crippen LogP contribution in [0.15, 0.2) is 36.5 Å². The second-order valence-corrected chi connectivity index (χ2v) is 8.70. The number of benzene rings is 1. The molecule has 0 radical (unpaired) electrons. The molecule has 9 nitrogen and oxygen atoms in total. The fourth-order valence-corrected chi connectivity index (χ4v) is 3.83. The smallest absolute Gasteiger partial charge is 0.318 e. The number of hydrogen-bond acceptors (Lipinski definition) is 6. The van der Waals surface area contributed by atoms with Gasteiger partial charge in [0.15, 0.2) is 17.4 Å². The second kappa shape index (κ2) is 10.3. The van der Waals surface area contributed by atoms with Crippen molar-refractivity contribution in [1.29, 1.82) is 5.41 Å². The number of halogens is 3. The van der Waals surface area contributed by atoms with Gasteiger partial charge in [0.25, 0.3) is 0 Å². The zero-order chi connectivity index (χ0) is 26.0. The van der Waals surface area contributed by atoms with E-state index in [4.69, 9.17) is 10.1 Å². The average Bonchev–Trinajstić information content (AvgIpc) is 3.18. The molecular weight excluding hydrogens is 475 g/mol. The van der Waals surface area contributed by atoms with E-state index < -0.39 is 35.6 Å². The van der Waals surface area contributed by atoms with Gasteiger partial charge in [0, 0.05) is 45.8 Å². The topological polar surface area (TPSA) is 99.4 Å². The third-order valence-electron chi connectivity index (χ3n) is 5.78. The lowest BCUT2D eigenvalue weighted by Gasteiger charge is -2.39. The molecule has 1 atom stereocenters. The van der Waals surface area contributed by atoms with Crippen LogP contribution >= 0.6 is 0 Å². The van der Waals surface area contributed by atoms with Gasteiger partial charge in [0.1, 0.15) is 17.7 Å². The molecule has 4 rings (SSSR count). The number of anilines is 1. The van der Waals surface area contributed by atoms with Gasteiger partial charge in [0.05, 0.1) is 36.7 Å². The fraction of sp³-hybridized carbons (Fsp3) is 0.333. The number of pyridine rings is 1. The number of aromatic nitrogens is 3. The van der Waals surface area contributed by atoms with Crippen molar-refractivity contribution in [2.75, 3.05) is 32.1 Å². The molecule has 2 amide bonds. The number of ether oxygens (including phenoxy) is 1. The van der Waals surface area contributed by atoms with Crippen molar-refractivity contribution in [2.45, 2.75) is 18.6 Å². The Labute approximate surface area is 206 Å². The van der Waals surface area contributed by atoms with E-state index in [1.54, 1.807) is 11.7 Å². The van der Waals surface area contributed by atoms with E-state index in [-0.39, 0.29) is 30.8 Å². The van der Waals surface area contributed by atoms with E-state index in [0.717, 1.165) is 36.4 Å². The molecule has 1 fully saturated rings. The van der Waals surface area contributed by atoms with Gasteiger partial charge in [-0.05, 0) is 23.9 Å². The minimum absolute atomic E-state index is 0.00887. The van der Waals surface area contributed by atoms with Gasteiger partial charge in [-0.2, -0.15) is 5.10 Å². The maximum Gasteiger partial charge on any atom is 0.318 e. The molecule has 36 heavy (non-hydrogen) atoms. The Morgan fingerprint density at radius 2 is 1.92 bits per heavy atom. The molecule has 1 aliphatic rings. The Morgan fingerprint density at radius 1 is 1.22 bits per heavy atom. The molecule has 0 aliphatic carbocycles. The molecule has 0 unspecified atom stereocenters. The third-order valence-corrected chi connectivity index (χ3v) is 5.78. The number of carbonyl (C=O) groups excluding carboxylic acids is 1. The van der Waals surface area contributed by atoms with E-state index in [9.17, 15) is 18.0 Å². The van der Waals surface area contributed by atoms with Crippen molar-refractivity contribution in [1.82, 2.24) is 25.0 Å². The first-order valence-electron chi connectivity index (χ1n) is 11.2. The van der Waals surface area contributed by atoms with Crippen molar-refractivity contribution >= 4 is 18.1 Å². The Morgan fingerprint density at radius 3 is 2.53 bits per heavy atom. The highest BCUT2D eigenvalue weighted by atomic mass is 19.1. The van der Waals surface area contributed by atoms with E-state index in [0.29, 0.717) is 11.4 Å². The second-order valence-electron chi connectivity index (χ2n) is 8.70. The highest BCUT2D eigenvalue weighted by molar-refractivity contribution is 5.76. The number of amides is 2. The summed E-state index contributed by atoms with van der Waals surface area (Å²) >= 11 is 0. The van der Waals surface area contributed by atoms with Crippen molar-refractivity contribution in [2.24, 2.45) is 7.05 Å². The SMILES string of the molecule is CN(C)c1cc(-c2cc(OC3CN(C(=O)N[C@@H](CC=N)c4cc(F)cc(F)c4)C3)c(F)cn2)n(C)n1. The lowest BCUT2D eigenvalue weighted by molar-refractivity contribution is 0.0409. The number of likely N-dealkylation sites (tertiary alicyclic amines) is 1. The van der Waals surface area contributed by atoms with Crippen LogP contribution in [0, 0.1) is 22.9 Å². The number of aryl methyl sites for hydroxylation is 1. The molecule has 190 valence electrons. The van der Waals surface area contributed by atoms with E-state index >= 15 is 0 Å². The summed E-state index contributed by atoms with van der Waals surface area (Å²) in [5.41, 5.74) is 1.39. The molecular formula is C24H26F3N7O2. The number of carbonyl (C=O) groups is 1. The van der Waals surface area contributed by atoms with Gasteiger partial charge in [-0.15, -0.1) is 0 Å². The van der Waals surface area contributed by atoms with Gasteiger partial charge in [-0.1, -0.05) is 0 Å². The molecule has 1 aliphatic heterocycles. The zero-order valence-corrected chi connectivity index (χ0v) is 20.0. The summed E-state index contributed by atoms with van der Waals surface area (Å²) in [7, 11) is 5.49. The first kappa shape index (κ1) is 25.0. The van der Waals surface area contributed by atoms with Gasteiger partial charge < -0.3 is 25.3 Å². The summed E-state index contributed by atoms with van der Waals surface area (Å²) in [4.78, 5) is 20.1. The van der Waals surface area contributed by atoms with E-state index in [1.165, 1.54) is 11.0 Å². The maximum atomic E-state index is 14.4. The monoisotopic (exact) mass is 501 g/mol. The minimum atomic E-state index is -0.772. The number of rotatable bonds is 8. The van der Waals surface area contributed by atoms with Crippen molar-refractivity contribution in [3.8, 4) is 17.1 Å². The van der Waals surface area contributed by atoms with Crippen LogP contribution in [-0.4, -0.2) is 65.2 Å². The normalized spacial score (nSPS) is 14.2. The first-order chi connectivity index (χ1) is 17.1. The van der Waals surface area contributed by atoms with Crippen LogP contribution in [0.3, 0.4) is 0 Å². The summed E-state index contributed by atoms with van der Waals surface area (Å²) in [6.45, 7) is 0.377. The Hall–Kier alpha value is -4.09. The largest absolute Gasteiger partial charge is 0.483 e. The Bertz CT molecular complexity index is 1250. The highest BCUT2D eigenvalue weighted by Gasteiger charge is 2.34. The first-order valence-corrected chi connectivity index (χ1v) is 11.2. The van der Waals surface area contributed by atoms with Crippen LogP contribution in [0.25, 0.3) is 11.4 Å². The van der Waals surface area contributed by atoms with Crippen molar-refractivity contribution in [3.05, 3.63) is 59.5 Å². The standard InChI is InChI=1S/C24H26F3N7O2/c1-32(2)23-10-21(33(3)31-23)20-9-22(18(27)11-29-20)36-17-12-34(13-17)24(35)30-19(4-5-28)14-6-15(25)8-16(26)7-14/h5-11,17,19,28H,4,12-13H2,1-3H3,(H,30,35)/t19-/m0/s1. The average molecular weight is 502 g/mol. The Balaban J connectivity index is 1.39. The fourth-order valence-electron chi connectivity index (χ4n) is 3.83. The quantitative estimate of drug-likeness (QED) is 0.460. The summed E-state index contributed by atoms with van der Waals surface area (Å²) < 4.78 is 49.0. The molecule has 2 aromatic heterocycles. The summed E-state index contributed by atoms with van der Waals surface area (Å²) in [5.74, 6) is -1.43. The van der Waals surface area contributed by atoms with Crippen LogP contribution in [0.1, 0.15) is 18.0 Å². The molecule has 0 saturated carbocycles. The van der Waals surface area contributed by atoms with Gasteiger partial charge in [0.2, 0.25) is 0 Å². The molecule has 12 heteroatoms. The highest BCUT2D eigenvalue weighted by Crippen LogP contribution is 2.28. The molecule has 3 heterocycles. The minimum Gasteiger partial charge on any atom is -0.483 e. The van der Waals surface area contributed by atoms with Crippen molar-refractivity contribution < 1.29 is 22.7 Å². The van der Waals surface area contributed by atoms with Crippen LogP contribution in [-0.2, 0) is 7.05 Å². The van der Waals surface area contributed by atoms with Crippen LogP contribution in [0.2, 0.25) is 0 Å². The Kier molecular flexibility index (Phi) is 7.13. The number of nitrogens with one attached hydrogen (secondary N) is 2. The lowest BCUT2D eigenvalue weighted by atomic mass is 10.0. The summed E-state index contributed by atoms with van der Waals surface area (Å²) in [6.07, 6.45) is 1.76. The third kappa shape index (κ3) is 5.42. The number of urea groups is 1. The maximum absolute atomic E-state index is 14.4. The molecule has 0 spiro atoms. The lowest BCUT2D eigenvalue weighted by Crippen LogP contribution is -2.59.